The van der Waals surface area contributed by atoms with Crippen LogP contribution in [0.4, 0.5) is 0 Å². The van der Waals surface area contributed by atoms with Gasteiger partial charge in [0, 0.05) is 26.2 Å². The summed E-state index contributed by atoms with van der Waals surface area (Å²) < 4.78 is 0. The summed E-state index contributed by atoms with van der Waals surface area (Å²) in [5.41, 5.74) is 2.30. The molecule has 0 saturated heterocycles. The van der Waals surface area contributed by atoms with E-state index < -0.39 is 8.32 Å². The Morgan fingerprint density at radius 1 is 0.567 bits per heavy atom. The Labute approximate surface area is 203 Å². The average Bonchev–Trinajstić information content (AvgIpc) is 2.76. The molecule has 1 aromatic rings. The summed E-state index contributed by atoms with van der Waals surface area (Å²) in [5.74, 6) is 0.322. The van der Waals surface area contributed by atoms with E-state index >= 15 is 0 Å². The number of phenols is 1. The van der Waals surface area contributed by atoms with Crippen molar-refractivity contribution in [1.29, 1.82) is 0 Å². The van der Waals surface area contributed by atoms with E-state index in [1.807, 2.05) is 6.07 Å². The third kappa shape index (κ3) is 8.16. The molecule has 0 unspecified atom stereocenters. The van der Waals surface area contributed by atoms with Crippen LogP contribution in [0.25, 0.3) is 0 Å². The third-order valence-corrected chi connectivity index (χ3v) is 13.2. The molecule has 3 aliphatic carbocycles. The zero-order chi connectivity index (χ0) is 19.0. The molecule has 0 amide bonds. The molecule has 0 radical (unpaired) electrons. The van der Waals surface area contributed by atoms with Gasteiger partial charge in [0.15, 0.2) is 8.32 Å². The number of para-hydroxylation sites is 1. The number of benzene rings is 1. The van der Waals surface area contributed by atoms with Crippen LogP contribution in [-0.2, 0) is 26.2 Å². The molecule has 3 aliphatic rings. The molecular weight excluding hydrogens is 472 g/mol. The Morgan fingerprint density at radius 3 is 1.10 bits per heavy atom. The number of hydrogen-bond acceptors (Lipinski definition) is 2. The van der Waals surface area contributed by atoms with E-state index in [1.165, 1.54) is 96.3 Å². The van der Waals surface area contributed by atoms with Crippen molar-refractivity contribution < 1.29 is 47.1 Å². The predicted molar refractivity (Wildman–Crippen MR) is 124 cm³/mol. The SMILES string of the molecule is O.O.O[Si](C1CCCCC1)(C1CCCCC1)C1CCCCC1.Oc1ccccc1.[Zr]. The van der Waals surface area contributed by atoms with Gasteiger partial charge in [-0.15, -0.1) is 0 Å². The van der Waals surface area contributed by atoms with Crippen molar-refractivity contribution >= 4 is 8.32 Å². The van der Waals surface area contributed by atoms with Crippen LogP contribution in [0.3, 0.4) is 0 Å². The third-order valence-electron chi connectivity index (χ3n) is 7.53. The maximum atomic E-state index is 12.0. The van der Waals surface area contributed by atoms with Crippen molar-refractivity contribution in [3.8, 4) is 5.75 Å². The Hall–Kier alpha value is -0.000000000000000222. The van der Waals surface area contributed by atoms with Gasteiger partial charge in [0.2, 0.25) is 0 Å². The summed E-state index contributed by atoms with van der Waals surface area (Å²) >= 11 is 0. The molecule has 0 spiro atoms. The maximum absolute atomic E-state index is 12.0. The summed E-state index contributed by atoms with van der Waals surface area (Å²) in [6.45, 7) is 0. The monoisotopic (exact) mass is 514 g/mol. The second-order valence-electron chi connectivity index (χ2n) is 9.23. The van der Waals surface area contributed by atoms with Crippen LogP contribution in [-0.4, -0.2) is 29.2 Å². The van der Waals surface area contributed by atoms with Gasteiger partial charge in [0.05, 0.1) is 0 Å². The molecule has 6 heteroatoms. The van der Waals surface area contributed by atoms with E-state index in [0.717, 1.165) is 16.6 Å². The molecule has 0 atom stereocenters. The molecule has 4 nitrogen and oxygen atoms in total. The van der Waals surface area contributed by atoms with Crippen molar-refractivity contribution in [3.05, 3.63) is 30.3 Å². The van der Waals surface area contributed by atoms with Crippen molar-refractivity contribution in [2.75, 3.05) is 0 Å². The van der Waals surface area contributed by atoms with Crippen molar-refractivity contribution in [2.45, 2.75) is 113 Å². The van der Waals surface area contributed by atoms with Gasteiger partial charge in [-0.05, 0) is 28.8 Å². The number of phenolic OH excluding ortho intramolecular Hbond substituents is 1. The first kappa shape index (κ1) is 30.0. The van der Waals surface area contributed by atoms with E-state index in [2.05, 4.69) is 0 Å². The van der Waals surface area contributed by atoms with E-state index in [-0.39, 0.29) is 37.2 Å². The second kappa shape index (κ2) is 15.7. The topological polar surface area (TPSA) is 103 Å². The second-order valence-corrected chi connectivity index (χ2v) is 13.5. The first-order valence-electron chi connectivity index (χ1n) is 11.7. The van der Waals surface area contributed by atoms with Crippen LogP contribution in [0.2, 0.25) is 16.6 Å². The van der Waals surface area contributed by atoms with Crippen LogP contribution in [0.15, 0.2) is 30.3 Å². The minimum absolute atomic E-state index is 0. The molecule has 0 aliphatic heterocycles. The normalized spacial score (nSPS) is 21.1. The van der Waals surface area contributed by atoms with Gasteiger partial charge in [-0.3, -0.25) is 0 Å². The number of hydrogen-bond donors (Lipinski definition) is 2. The smallest absolute Gasteiger partial charge is 0.197 e. The van der Waals surface area contributed by atoms with Crippen LogP contribution in [0.5, 0.6) is 5.75 Å². The van der Waals surface area contributed by atoms with Crippen LogP contribution in [0, 0.1) is 0 Å². The zero-order valence-electron chi connectivity index (χ0n) is 18.6. The van der Waals surface area contributed by atoms with Gasteiger partial charge >= 0.3 is 0 Å². The minimum atomic E-state index is -2.05. The summed E-state index contributed by atoms with van der Waals surface area (Å²) in [5, 5.41) is 8.63. The van der Waals surface area contributed by atoms with Crippen LogP contribution < -0.4 is 0 Å². The Bertz CT molecular complexity index is 482. The summed E-state index contributed by atoms with van der Waals surface area (Å²) in [7, 11) is -2.05. The summed E-state index contributed by atoms with van der Waals surface area (Å²) in [6.07, 6.45) is 20.9. The van der Waals surface area contributed by atoms with Gasteiger partial charge < -0.3 is 20.9 Å². The van der Waals surface area contributed by atoms with E-state index in [9.17, 15) is 4.80 Å². The average molecular weight is 516 g/mol. The van der Waals surface area contributed by atoms with Crippen molar-refractivity contribution in [3.63, 3.8) is 0 Å². The summed E-state index contributed by atoms with van der Waals surface area (Å²) in [6, 6.07) is 8.71. The van der Waals surface area contributed by atoms with E-state index in [1.54, 1.807) is 24.3 Å². The molecule has 30 heavy (non-hydrogen) atoms. The van der Waals surface area contributed by atoms with Crippen LogP contribution in [0.1, 0.15) is 96.3 Å². The van der Waals surface area contributed by atoms with Crippen molar-refractivity contribution in [2.24, 2.45) is 0 Å². The standard InChI is InChI=1S/C18H34OSi.C6H6O.2H2O.Zr/c19-20(16-10-4-1-5-11-16,17-12-6-2-7-13-17)18-14-8-3-9-15-18;7-6-4-2-1-3-5-6;;;/h16-19H,1-15H2;1-5,7H;2*1H2;. The molecule has 0 bridgehead atoms. The molecule has 1 aromatic carbocycles. The quantitative estimate of drug-likeness (QED) is 0.507. The molecule has 3 saturated carbocycles. The van der Waals surface area contributed by atoms with Gasteiger partial charge in [-0.1, -0.05) is 115 Å². The first-order chi connectivity index (χ1) is 13.2. The predicted octanol–water partition coefficient (Wildman–Crippen LogP) is 5.67. The molecular formula is C24H44O4SiZr. The fourth-order valence-corrected chi connectivity index (χ4v) is 12.1. The Kier molecular flexibility index (Phi) is 15.7. The Morgan fingerprint density at radius 2 is 0.867 bits per heavy atom. The largest absolute Gasteiger partial charge is 0.508 e. The molecule has 172 valence electrons. The molecule has 0 heterocycles. The zero-order valence-corrected chi connectivity index (χ0v) is 22.1. The van der Waals surface area contributed by atoms with Crippen LogP contribution >= 0.6 is 0 Å². The van der Waals surface area contributed by atoms with E-state index in [4.69, 9.17) is 5.11 Å². The number of rotatable bonds is 3. The van der Waals surface area contributed by atoms with Gasteiger partial charge in [-0.2, -0.15) is 0 Å². The molecule has 3 fully saturated rings. The maximum Gasteiger partial charge on any atom is 0.197 e. The fraction of sp³-hybridized carbons (Fsp3) is 0.750. The van der Waals surface area contributed by atoms with Gasteiger partial charge in [0.25, 0.3) is 0 Å². The number of aromatic hydroxyl groups is 1. The molecule has 4 rings (SSSR count). The van der Waals surface area contributed by atoms with Gasteiger partial charge in [-0.25, -0.2) is 0 Å². The van der Waals surface area contributed by atoms with E-state index in [0.29, 0.717) is 5.75 Å². The first-order valence-corrected chi connectivity index (χ1v) is 13.9. The summed E-state index contributed by atoms with van der Waals surface area (Å²) in [4.78, 5) is 12.0. The molecule has 0 aromatic heterocycles. The fourth-order valence-electron chi connectivity index (χ4n) is 6.12. The molecule has 6 N–H and O–H groups in total. The van der Waals surface area contributed by atoms with Gasteiger partial charge in [0.1, 0.15) is 5.75 Å². The van der Waals surface area contributed by atoms with Crippen molar-refractivity contribution in [1.82, 2.24) is 0 Å². The Balaban J connectivity index is 0.000000726. The minimum Gasteiger partial charge on any atom is -0.508 e.